The summed E-state index contributed by atoms with van der Waals surface area (Å²) in [5.41, 5.74) is 2.81. The Morgan fingerprint density at radius 3 is 2.48 bits per heavy atom. The van der Waals surface area contributed by atoms with Gasteiger partial charge in [0.15, 0.2) is 11.7 Å². The van der Waals surface area contributed by atoms with E-state index in [2.05, 4.69) is 15.0 Å². The molecule has 1 fully saturated rings. The number of halogens is 3. The van der Waals surface area contributed by atoms with E-state index in [9.17, 15) is 18.0 Å². The van der Waals surface area contributed by atoms with Crippen LogP contribution in [0.3, 0.4) is 0 Å². The second-order valence-electron chi connectivity index (χ2n) is 10.5. The van der Waals surface area contributed by atoms with Crippen LogP contribution in [0.2, 0.25) is 0 Å². The Bertz CT molecular complexity index is 1740. The number of oxazole rings is 1. The average molecular weight is 602 g/mol. The first kappa shape index (κ1) is 29.0. The molecular weight excluding hydrogens is 571 g/mol. The zero-order valence-electron chi connectivity index (χ0n) is 24.0. The van der Waals surface area contributed by atoms with Crippen LogP contribution in [-0.4, -0.2) is 51.8 Å². The number of nitrogens with zero attached hydrogens (tertiary/aromatic N) is 5. The maximum absolute atomic E-state index is 13.1. The van der Waals surface area contributed by atoms with Crippen molar-refractivity contribution in [3.05, 3.63) is 108 Å². The number of ether oxygens (including phenoxy) is 1. The number of amides is 1. The van der Waals surface area contributed by atoms with E-state index < -0.39 is 11.7 Å². The summed E-state index contributed by atoms with van der Waals surface area (Å²) in [5, 5.41) is 4.35. The van der Waals surface area contributed by atoms with Crippen molar-refractivity contribution in [3.63, 3.8) is 0 Å². The second-order valence-corrected chi connectivity index (χ2v) is 10.5. The molecule has 0 unspecified atom stereocenters. The minimum absolute atomic E-state index is 0.00172. The first-order valence-electron chi connectivity index (χ1n) is 14.2. The molecule has 0 saturated carbocycles. The quantitative estimate of drug-likeness (QED) is 0.203. The summed E-state index contributed by atoms with van der Waals surface area (Å²) in [6, 6.07) is 22.5. The molecule has 11 heteroatoms. The summed E-state index contributed by atoms with van der Waals surface area (Å²) in [5.74, 6) is 1.77. The van der Waals surface area contributed by atoms with Crippen molar-refractivity contribution in [3.8, 4) is 28.3 Å². The average Bonchev–Trinajstić information content (AvgIpc) is 3.69. The van der Waals surface area contributed by atoms with Crippen LogP contribution in [-0.2, 0) is 24.1 Å². The number of alkyl halides is 3. The van der Waals surface area contributed by atoms with Gasteiger partial charge in [0.2, 0.25) is 5.91 Å². The lowest BCUT2D eigenvalue weighted by Crippen LogP contribution is -2.49. The van der Waals surface area contributed by atoms with E-state index in [1.165, 1.54) is 10.7 Å². The lowest BCUT2D eigenvalue weighted by Gasteiger charge is -2.36. The van der Waals surface area contributed by atoms with E-state index in [1.54, 1.807) is 36.4 Å². The predicted octanol–water partition coefficient (Wildman–Crippen LogP) is 6.46. The number of aromatic nitrogens is 3. The van der Waals surface area contributed by atoms with Gasteiger partial charge in [-0.3, -0.25) is 9.48 Å². The van der Waals surface area contributed by atoms with Crippen LogP contribution in [0.4, 0.5) is 18.9 Å². The third-order valence-electron chi connectivity index (χ3n) is 7.51. The largest absolute Gasteiger partial charge is 0.488 e. The molecule has 0 atom stereocenters. The minimum Gasteiger partial charge on any atom is -0.488 e. The van der Waals surface area contributed by atoms with Gasteiger partial charge in [0.1, 0.15) is 18.9 Å². The van der Waals surface area contributed by atoms with Crippen LogP contribution in [0, 0.1) is 6.92 Å². The maximum Gasteiger partial charge on any atom is 0.416 e. The molecule has 1 saturated heterocycles. The molecule has 0 aliphatic carbocycles. The molecule has 44 heavy (non-hydrogen) atoms. The maximum atomic E-state index is 13.1. The van der Waals surface area contributed by atoms with Gasteiger partial charge >= 0.3 is 6.18 Å². The van der Waals surface area contributed by atoms with Crippen LogP contribution in [0.25, 0.3) is 22.6 Å². The molecule has 6 rings (SSSR count). The first-order valence-corrected chi connectivity index (χ1v) is 14.2. The lowest BCUT2D eigenvalue weighted by molar-refractivity contribution is -0.137. The van der Waals surface area contributed by atoms with Crippen LogP contribution in [0.15, 0.2) is 95.7 Å². The Morgan fingerprint density at radius 1 is 0.955 bits per heavy atom. The molecule has 8 nitrogen and oxygen atoms in total. The summed E-state index contributed by atoms with van der Waals surface area (Å²) in [6.07, 6.45) is -1.14. The fraction of sp³-hybridized carbons (Fsp3) is 0.242. The molecular formula is C33H30F3N5O3. The Hall–Kier alpha value is -5.06. The highest BCUT2D eigenvalue weighted by Crippen LogP contribution is 2.35. The summed E-state index contributed by atoms with van der Waals surface area (Å²) in [4.78, 5) is 21.3. The van der Waals surface area contributed by atoms with Gasteiger partial charge < -0.3 is 19.0 Å². The number of carbonyl (C=O) groups excluding carboxylic acids is 1. The van der Waals surface area contributed by atoms with Crippen molar-refractivity contribution < 1.29 is 27.1 Å². The lowest BCUT2D eigenvalue weighted by atomic mass is 10.1. The van der Waals surface area contributed by atoms with E-state index >= 15 is 0 Å². The SMILES string of the molecule is Cc1ncc(-c2ccc(N3CCN(C(=O)Cn4ccc(-c5cccc(C(F)(F)F)c5)n4)CC3)cc2OCc2ccccc2)o1. The smallest absolute Gasteiger partial charge is 0.416 e. The van der Waals surface area contributed by atoms with Gasteiger partial charge in [0, 0.05) is 56.6 Å². The highest BCUT2D eigenvalue weighted by molar-refractivity contribution is 5.76. The molecule has 1 aliphatic rings. The Balaban J connectivity index is 1.10. The van der Waals surface area contributed by atoms with E-state index in [4.69, 9.17) is 9.15 Å². The predicted molar refractivity (Wildman–Crippen MR) is 159 cm³/mol. The summed E-state index contributed by atoms with van der Waals surface area (Å²) >= 11 is 0. The molecule has 226 valence electrons. The zero-order valence-corrected chi connectivity index (χ0v) is 24.0. The Labute approximate surface area is 252 Å². The van der Waals surface area contributed by atoms with Gasteiger partial charge in [-0.2, -0.15) is 18.3 Å². The van der Waals surface area contributed by atoms with Crippen molar-refractivity contribution in [1.29, 1.82) is 0 Å². The molecule has 0 spiro atoms. The summed E-state index contributed by atoms with van der Waals surface area (Å²) in [6.45, 7) is 4.48. The zero-order chi connectivity index (χ0) is 30.7. The van der Waals surface area contributed by atoms with E-state index in [-0.39, 0.29) is 12.5 Å². The molecule has 2 aromatic heterocycles. The van der Waals surface area contributed by atoms with Crippen molar-refractivity contribution in [2.75, 3.05) is 31.1 Å². The van der Waals surface area contributed by atoms with Gasteiger partial charge in [0.05, 0.1) is 23.0 Å². The molecule has 0 N–H and O–H groups in total. The van der Waals surface area contributed by atoms with Gasteiger partial charge in [-0.25, -0.2) is 4.98 Å². The topological polar surface area (TPSA) is 76.6 Å². The van der Waals surface area contributed by atoms with Crippen molar-refractivity contribution in [2.45, 2.75) is 26.3 Å². The molecule has 1 amide bonds. The fourth-order valence-electron chi connectivity index (χ4n) is 5.16. The summed E-state index contributed by atoms with van der Waals surface area (Å²) < 4.78 is 52.9. The second kappa shape index (κ2) is 12.3. The molecule has 5 aromatic rings. The Morgan fingerprint density at radius 2 is 1.75 bits per heavy atom. The van der Waals surface area contributed by atoms with Crippen molar-refractivity contribution in [2.24, 2.45) is 0 Å². The molecule has 3 aromatic carbocycles. The monoisotopic (exact) mass is 601 g/mol. The van der Waals surface area contributed by atoms with Crippen LogP contribution in [0.5, 0.6) is 5.75 Å². The molecule has 0 radical (unpaired) electrons. The van der Waals surface area contributed by atoms with Crippen LogP contribution >= 0.6 is 0 Å². The highest BCUT2D eigenvalue weighted by atomic mass is 19.4. The minimum atomic E-state index is -4.44. The van der Waals surface area contributed by atoms with Gasteiger partial charge in [0.25, 0.3) is 0 Å². The number of aryl methyl sites for hydroxylation is 1. The van der Waals surface area contributed by atoms with Crippen molar-refractivity contribution >= 4 is 11.6 Å². The van der Waals surface area contributed by atoms with Crippen LogP contribution in [0.1, 0.15) is 17.0 Å². The Kier molecular flexibility index (Phi) is 8.10. The first-order chi connectivity index (χ1) is 21.2. The molecule has 1 aliphatic heterocycles. The summed E-state index contributed by atoms with van der Waals surface area (Å²) in [7, 11) is 0. The van der Waals surface area contributed by atoms with Gasteiger partial charge in [-0.1, -0.05) is 42.5 Å². The van der Waals surface area contributed by atoms with Crippen LogP contribution < -0.4 is 9.64 Å². The standard InChI is InChI=1S/C33H30F3N5O3/c1-23-37-20-31(44-23)28-11-10-27(19-30(28)43-22-24-6-3-2-4-7-24)39-14-16-40(17-15-39)32(42)21-41-13-12-29(38-41)25-8-5-9-26(18-25)33(34,35)36/h2-13,18-20H,14-17,21-22H2,1H3. The number of anilines is 1. The molecule has 0 bridgehead atoms. The van der Waals surface area contributed by atoms with E-state index in [0.717, 1.165) is 28.9 Å². The number of hydrogen-bond acceptors (Lipinski definition) is 6. The third kappa shape index (κ3) is 6.61. The molecule has 3 heterocycles. The third-order valence-corrected chi connectivity index (χ3v) is 7.51. The van der Waals surface area contributed by atoms with Gasteiger partial charge in [-0.15, -0.1) is 0 Å². The van der Waals surface area contributed by atoms with E-state index in [0.29, 0.717) is 61.4 Å². The number of hydrogen-bond donors (Lipinski definition) is 0. The number of rotatable bonds is 8. The highest BCUT2D eigenvalue weighted by Gasteiger charge is 2.30. The van der Waals surface area contributed by atoms with Gasteiger partial charge in [-0.05, 0) is 35.9 Å². The van der Waals surface area contributed by atoms with E-state index in [1.807, 2.05) is 48.5 Å². The number of benzene rings is 3. The number of carbonyl (C=O) groups is 1. The fourth-order valence-corrected chi connectivity index (χ4v) is 5.16. The normalized spacial score (nSPS) is 13.7. The van der Waals surface area contributed by atoms with Crippen molar-refractivity contribution in [1.82, 2.24) is 19.7 Å². The number of piperazine rings is 1.